The van der Waals surface area contributed by atoms with Crippen LogP contribution in [0.3, 0.4) is 0 Å². The Balaban J connectivity index is 2.89. The van der Waals surface area contributed by atoms with Crippen LogP contribution in [0.1, 0.15) is 20.3 Å². The number of nitrogens with zero attached hydrogens (tertiary/aromatic N) is 1. The van der Waals surface area contributed by atoms with Gasteiger partial charge < -0.3 is 5.32 Å². The van der Waals surface area contributed by atoms with Crippen LogP contribution in [0, 0.1) is 21.8 Å². The SMILES string of the molecule is CC(C)CCNc1cc(Br)c(F)cc1[N+](=O)[O-]. The molecule has 4 nitrogen and oxygen atoms in total. The lowest BCUT2D eigenvalue weighted by atomic mass is 10.1. The van der Waals surface area contributed by atoms with E-state index in [9.17, 15) is 14.5 Å². The van der Waals surface area contributed by atoms with Gasteiger partial charge in [0.15, 0.2) is 0 Å². The van der Waals surface area contributed by atoms with Crippen molar-refractivity contribution in [3.8, 4) is 0 Å². The first-order valence-corrected chi connectivity index (χ1v) is 6.08. The quantitative estimate of drug-likeness (QED) is 0.662. The van der Waals surface area contributed by atoms with Crippen LogP contribution in [-0.4, -0.2) is 11.5 Å². The van der Waals surface area contributed by atoms with Crippen LogP contribution >= 0.6 is 15.9 Å². The molecule has 0 saturated heterocycles. The van der Waals surface area contributed by atoms with Gasteiger partial charge in [0.05, 0.1) is 15.5 Å². The zero-order valence-electron chi connectivity index (χ0n) is 9.67. The second kappa shape index (κ2) is 5.95. The largest absolute Gasteiger partial charge is 0.379 e. The van der Waals surface area contributed by atoms with Gasteiger partial charge in [-0.1, -0.05) is 13.8 Å². The Bertz CT molecular complexity index is 424. The molecule has 0 atom stereocenters. The molecule has 0 bridgehead atoms. The molecule has 1 rings (SSSR count). The summed E-state index contributed by atoms with van der Waals surface area (Å²) in [7, 11) is 0. The molecule has 94 valence electrons. The van der Waals surface area contributed by atoms with E-state index in [1.54, 1.807) is 0 Å². The number of anilines is 1. The summed E-state index contributed by atoms with van der Waals surface area (Å²) >= 11 is 3.01. The fourth-order valence-corrected chi connectivity index (χ4v) is 1.67. The maximum Gasteiger partial charge on any atom is 0.295 e. The number of nitro benzene ring substituents is 1. The van der Waals surface area contributed by atoms with E-state index in [2.05, 4.69) is 35.1 Å². The molecule has 0 amide bonds. The number of rotatable bonds is 5. The fourth-order valence-electron chi connectivity index (χ4n) is 1.32. The Hall–Kier alpha value is -1.17. The molecule has 0 saturated carbocycles. The molecule has 0 spiro atoms. The predicted octanol–water partition coefficient (Wildman–Crippen LogP) is 3.95. The highest BCUT2D eigenvalue weighted by molar-refractivity contribution is 9.10. The zero-order valence-corrected chi connectivity index (χ0v) is 11.3. The second-order valence-corrected chi connectivity index (χ2v) is 5.00. The molecule has 0 unspecified atom stereocenters. The Morgan fingerprint density at radius 3 is 2.71 bits per heavy atom. The molecule has 6 heteroatoms. The van der Waals surface area contributed by atoms with Crippen molar-refractivity contribution in [1.82, 2.24) is 0 Å². The van der Waals surface area contributed by atoms with E-state index in [0.29, 0.717) is 18.2 Å². The molecular formula is C11H14BrFN2O2. The molecule has 0 aliphatic carbocycles. The lowest BCUT2D eigenvalue weighted by Crippen LogP contribution is -2.07. The molecular weight excluding hydrogens is 291 g/mol. The number of hydrogen-bond donors (Lipinski definition) is 1. The maximum atomic E-state index is 13.2. The van der Waals surface area contributed by atoms with E-state index >= 15 is 0 Å². The van der Waals surface area contributed by atoms with Crippen molar-refractivity contribution in [2.45, 2.75) is 20.3 Å². The van der Waals surface area contributed by atoms with Crippen LogP contribution in [0.25, 0.3) is 0 Å². The van der Waals surface area contributed by atoms with Crippen LogP contribution < -0.4 is 5.32 Å². The van der Waals surface area contributed by atoms with E-state index in [1.165, 1.54) is 6.07 Å². The summed E-state index contributed by atoms with van der Waals surface area (Å²) in [6, 6.07) is 2.32. The van der Waals surface area contributed by atoms with Crippen LogP contribution in [-0.2, 0) is 0 Å². The number of hydrogen-bond acceptors (Lipinski definition) is 3. The van der Waals surface area contributed by atoms with Gasteiger partial charge in [0, 0.05) is 6.54 Å². The van der Waals surface area contributed by atoms with Crippen LogP contribution in [0.15, 0.2) is 16.6 Å². The minimum atomic E-state index is -0.633. The minimum absolute atomic E-state index is 0.218. The van der Waals surface area contributed by atoms with Gasteiger partial charge in [-0.25, -0.2) is 4.39 Å². The lowest BCUT2D eigenvalue weighted by molar-refractivity contribution is -0.384. The highest BCUT2D eigenvalue weighted by Crippen LogP contribution is 2.30. The molecule has 17 heavy (non-hydrogen) atoms. The van der Waals surface area contributed by atoms with Gasteiger partial charge in [0.2, 0.25) is 0 Å². The Morgan fingerprint density at radius 2 is 2.18 bits per heavy atom. The number of halogens is 2. The zero-order chi connectivity index (χ0) is 13.0. The summed E-state index contributed by atoms with van der Waals surface area (Å²) < 4.78 is 13.4. The first-order chi connectivity index (χ1) is 7.91. The molecule has 0 aromatic heterocycles. The van der Waals surface area contributed by atoms with Crippen molar-refractivity contribution in [1.29, 1.82) is 0 Å². The van der Waals surface area contributed by atoms with Crippen molar-refractivity contribution in [3.63, 3.8) is 0 Å². The topological polar surface area (TPSA) is 55.2 Å². The molecule has 0 aliphatic heterocycles. The lowest BCUT2D eigenvalue weighted by Gasteiger charge is -2.09. The summed E-state index contributed by atoms with van der Waals surface area (Å²) in [5.74, 6) is -0.128. The van der Waals surface area contributed by atoms with Crippen LogP contribution in [0.5, 0.6) is 0 Å². The van der Waals surface area contributed by atoms with Gasteiger partial charge in [0.25, 0.3) is 5.69 Å². The van der Waals surface area contributed by atoms with E-state index < -0.39 is 10.7 Å². The number of nitro groups is 1. The molecule has 0 heterocycles. The molecule has 1 N–H and O–H groups in total. The van der Waals surface area contributed by atoms with E-state index in [4.69, 9.17) is 0 Å². The summed E-state index contributed by atoms with van der Waals surface area (Å²) in [4.78, 5) is 10.2. The van der Waals surface area contributed by atoms with Gasteiger partial charge in [0.1, 0.15) is 11.5 Å². The van der Waals surface area contributed by atoms with Crippen molar-refractivity contribution in [3.05, 3.63) is 32.5 Å². The normalized spacial score (nSPS) is 10.6. The third-order valence-corrected chi connectivity index (χ3v) is 2.88. The van der Waals surface area contributed by atoms with Crippen molar-refractivity contribution < 1.29 is 9.31 Å². The van der Waals surface area contributed by atoms with Gasteiger partial charge in [-0.3, -0.25) is 10.1 Å². The standard InChI is InChI=1S/C11H14BrFN2O2/c1-7(2)3-4-14-10-5-8(12)9(13)6-11(10)15(16)17/h5-7,14H,3-4H2,1-2H3. The average molecular weight is 305 g/mol. The molecule has 0 fully saturated rings. The first kappa shape index (κ1) is 13.9. The molecule has 1 aromatic rings. The monoisotopic (exact) mass is 304 g/mol. The second-order valence-electron chi connectivity index (χ2n) is 4.15. The van der Waals surface area contributed by atoms with Crippen molar-refractivity contribution in [2.75, 3.05) is 11.9 Å². The number of benzene rings is 1. The summed E-state index contributed by atoms with van der Waals surface area (Å²) in [6.45, 7) is 4.75. The highest BCUT2D eigenvalue weighted by Gasteiger charge is 2.17. The van der Waals surface area contributed by atoms with Crippen molar-refractivity contribution >= 4 is 27.3 Å². The number of nitrogens with one attached hydrogen (secondary N) is 1. The van der Waals surface area contributed by atoms with Gasteiger partial charge in [-0.15, -0.1) is 0 Å². The Morgan fingerprint density at radius 1 is 1.53 bits per heavy atom. The molecule has 1 aromatic carbocycles. The molecule has 0 aliphatic rings. The fraction of sp³-hybridized carbons (Fsp3) is 0.455. The van der Waals surface area contributed by atoms with Crippen LogP contribution in [0.2, 0.25) is 0 Å². The summed E-state index contributed by atoms with van der Waals surface area (Å²) in [5, 5.41) is 13.7. The summed E-state index contributed by atoms with van der Waals surface area (Å²) in [6.07, 6.45) is 0.895. The predicted molar refractivity (Wildman–Crippen MR) is 68.7 cm³/mol. The van der Waals surface area contributed by atoms with E-state index in [0.717, 1.165) is 12.5 Å². The summed E-state index contributed by atoms with van der Waals surface area (Å²) in [5.41, 5.74) is 0.0957. The third kappa shape index (κ3) is 3.96. The van der Waals surface area contributed by atoms with Gasteiger partial charge in [-0.05, 0) is 34.3 Å². The third-order valence-electron chi connectivity index (χ3n) is 2.27. The average Bonchev–Trinajstić information content (AvgIpc) is 2.22. The molecule has 0 radical (unpaired) electrons. The van der Waals surface area contributed by atoms with E-state index in [1.807, 2.05) is 0 Å². The first-order valence-electron chi connectivity index (χ1n) is 5.29. The highest BCUT2D eigenvalue weighted by atomic mass is 79.9. The van der Waals surface area contributed by atoms with E-state index in [-0.39, 0.29) is 10.2 Å². The Kier molecular flexibility index (Phi) is 4.86. The smallest absolute Gasteiger partial charge is 0.295 e. The van der Waals surface area contributed by atoms with Gasteiger partial charge in [-0.2, -0.15) is 0 Å². The Labute approximate surface area is 107 Å². The maximum absolute atomic E-state index is 13.2. The van der Waals surface area contributed by atoms with Gasteiger partial charge >= 0.3 is 0 Å². The van der Waals surface area contributed by atoms with Crippen molar-refractivity contribution in [2.24, 2.45) is 5.92 Å². The minimum Gasteiger partial charge on any atom is -0.379 e. The van der Waals surface area contributed by atoms with Crippen LogP contribution in [0.4, 0.5) is 15.8 Å².